The summed E-state index contributed by atoms with van der Waals surface area (Å²) >= 11 is 0. The zero-order valence-corrected chi connectivity index (χ0v) is 15.4. The zero-order valence-electron chi connectivity index (χ0n) is 14.6. The van der Waals surface area contributed by atoms with E-state index in [0.717, 1.165) is 5.56 Å². The molecule has 0 aliphatic carbocycles. The van der Waals surface area contributed by atoms with E-state index in [4.69, 9.17) is 10.00 Å². The number of nitriles is 1. The van der Waals surface area contributed by atoms with Crippen LogP contribution >= 0.6 is 0 Å². The van der Waals surface area contributed by atoms with Gasteiger partial charge < -0.3 is 4.74 Å². The maximum Gasteiger partial charge on any atom is 0.232 e. The molecule has 0 radical (unpaired) electrons. The van der Waals surface area contributed by atoms with Gasteiger partial charge in [0.2, 0.25) is 10.0 Å². The van der Waals surface area contributed by atoms with E-state index >= 15 is 0 Å². The van der Waals surface area contributed by atoms with E-state index in [-0.39, 0.29) is 6.54 Å². The van der Waals surface area contributed by atoms with Crippen LogP contribution in [-0.4, -0.2) is 19.7 Å². The molecule has 0 N–H and O–H groups in total. The van der Waals surface area contributed by atoms with Crippen molar-refractivity contribution >= 4 is 15.7 Å². The van der Waals surface area contributed by atoms with Crippen molar-refractivity contribution in [2.24, 2.45) is 0 Å². The number of anilines is 1. The van der Waals surface area contributed by atoms with Gasteiger partial charge >= 0.3 is 0 Å². The largest absolute Gasteiger partial charge is 0.457 e. The number of ether oxygens (including phenoxy) is 1. The zero-order chi connectivity index (χ0) is 19.3. The van der Waals surface area contributed by atoms with Crippen LogP contribution in [0, 0.1) is 11.3 Å². The van der Waals surface area contributed by atoms with E-state index in [9.17, 15) is 8.42 Å². The molecule has 0 aliphatic rings. The third-order valence-corrected chi connectivity index (χ3v) is 4.93. The molecule has 0 saturated heterocycles. The molecule has 0 unspecified atom stereocenters. The molecule has 136 valence electrons. The summed E-state index contributed by atoms with van der Waals surface area (Å²) in [5, 5.41) is 8.82. The fourth-order valence-electron chi connectivity index (χ4n) is 2.47. The molecule has 0 atom stereocenters. The molecule has 2 aromatic carbocycles. The summed E-state index contributed by atoms with van der Waals surface area (Å²) in [5.41, 5.74) is 1.88. The van der Waals surface area contributed by atoms with Gasteiger partial charge in [-0.3, -0.25) is 9.29 Å². The number of sulfonamides is 1. The molecule has 0 aliphatic heterocycles. The number of aromatic nitrogens is 1. The molecule has 27 heavy (non-hydrogen) atoms. The number of benzene rings is 2. The Hall–Kier alpha value is -3.37. The molecule has 0 bridgehead atoms. The number of hydrogen-bond donors (Lipinski definition) is 0. The molecule has 1 aromatic heterocycles. The number of nitrogens with zero attached hydrogens (tertiary/aromatic N) is 3. The minimum absolute atomic E-state index is 0.197. The molecular formula is C20H17N3O3S. The minimum Gasteiger partial charge on any atom is -0.457 e. The standard InChI is InChI=1S/C20H17N3O3S/c1-27(24,25)23(15-17-3-2-12-22-14-17)18-6-10-20(11-7-18)26-19-8-4-16(13-21)5-9-19/h2-12,14H,15H2,1H3. The summed E-state index contributed by atoms with van der Waals surface area (Å²) < 4.78 is 31.5. The van der Waals surface area contributed by atoms with Crippen molar-refractivity contribution in [2.45, 2.75) is 6.54 Å². The summed E-state index contributed by atoms with van der Waals surface area (Å²) in [4.78, 5) is 4.03. The Labute approximate surface area is 158 Å². The first kappa shape index (κ1) is 18.4. The predicted molar refractivity (Wildman–Crippen MR) is 103 cm³/mol. The third-order valence-electron chi connectivity index (χ3n) is 3.79. The Morgan fingerprint density at radius 2 is 1.67 bits per heavy atom. The first-order valence-electron chi connectivity index (χ1n) is 8.10. The van der Waals surface area contributed by atoms with Gasteiger partial charge in [0.25, 0.3) is 0 Å². The molecular weight excluding hydrogens is 362 g/mol. The predicted octanol–water partition coefficient (Wildman–Crippen LogP) is 3.71. The Balaban J connectivity index is 1.79. The fraction of sp³-hybridized carbons (Fsp3) is 0.100. The molecule has 0 saturated carbocycles. The van der Waals surface area contributed by atoms with Gasteiger partial charge in [-0.2, -0.15) is 5.26 Å². The van der Waals surface area contributed by atoms with Gasteiger partial charge in [-0.25, -0.2) is 8.42 Å². The highest BCUT2D eigenvalue weighted by Gasteiger charge is 2.18. The van der Waals surface area contributed by atoms with Crippen LogP contribution < -0.4 is 9.04 Å². The Kier molecular flexibility index (Phi) is 5.38. The summed E-state index contributed by atoms with van der Waals surface area (Å²) in [6.07, 6.45) is 4.45. The van der Waals surface area contributed by atoms with E-state index in [1.165, 1.54) is 10.6 Å². The van der Waals surface area contributed by atoms with Crippen molar-refractivity contribution in [3.63, 3.8) is 0 Å². The Morgan fingerprint density at radius 1 is 1.04 bits per heavy atom. The summed E-state index contributed by atoms with van der Waals surface area (Å²) in [7, 11) is -3.46. The lowest BCUT2D eigenvalue weighted by molar-refractivity contribution is 0.482. The average molecular weight is 379 g/mol. The molecule has 6 nitrogen and oxygen atoms in total. The molecule has 0 fully saturated rings. The van der Waals surface area contributed by atoms with Crippen LogP contribution in [0.4, 0.5) is 5.69 Å². The molecule has 1 heterocycles. The second-order valence-corrected chi connectivity index (χ2v) is 7.77. The van der Waals surface area contributed by atoms with Crippen molar-refractivity contribution in [3.05, 3.63) is 84.2 Å². The highest BCUT2D eigenvalue weighted by atomic mass is 32.2. The number of hydrogen-bond acceptors (Lipinski definition) is 5. The van der Waals surface area contributed by atoms with E-state index in [1.807, 2.05) is 12.1 Å². The summed E-state index contributed by atoms with van der Waals surface area (Å²) in [5.74, 6) is 1.16. The Bertz CT molecular complexity index is 1040. The summed E-state index contributed by atoms with van der Waals surface area (Å²) in [6.45, 7) is 0.197. The van der Waals surface area contributed by atoms with Gasteiger partial charge in [0, 0.05) is 12.4 Å². The second kappa shape index (κ2) is 7.89. The van der Waals surface area contributed by atoms with E-state index in [0.29, 0.717) is 22.7 Å². The van der Waals surface area contributed by atoms with Crippen LogP contribution in [0.1, 0.15) is 11.1 Å². The smallest absolute Gasteiger partial charge is 0.232 e. The first-order chi connectivity index (χ1) is 13.0. The molecule has 7 heteroatoms. The molecule has 3 rings (SSSR count). The van der Waals surface area contributed by atoms with Gasteiger partial charge in [0.05, 0.1) is 30.1 Å². The van der Waals surface area contributed by atoms with Crippen LogP contribution in [0.3, 0.4) is 0 Å². The maximum absolute atomic E-state index is 12.2. The van der Waals surface area contributed by atoms with Gasteiger partial charge in [-0.15, -0.1) is 0 Å². The van der Waals surface area contributed by atoms with Crippen molar-refractivity contribution in [1.82, 2.24) is 4.98 Å². The first-order valence-corrected chi connectivity index (χ1v) is 9.95. The quantitative estimate of drug-likeness (QED) is 0.652. The van der Waals surface area contributed by atoms with Crippen molar-refractivity contribution in [3.8, 4) is 17.6 Å². The van der Waals surface area contributed by atoms with Gasteiger partial charge in [-0.1, -0.05) is 6.07 Å². The van der Waals surface area contributed by atoms with Crippen molar-refractivity contribution < 1.29 is 13.2 Å². The monoisotopic (exact) mass is 379 g/mol. The minimum atomic E-state index is -3.46. The second-order valence-electron chi connectivity index (χ2n) is 5.86. The van der Waals surface area contributed by atoms with E-state index in [1.54, 1.807) is 67.0 Å². The van der Waals surface area contributed by atoms with Crippen LogP contribution in [0.5, 0.6) is 11.5 Å². The maximum atomic E-state index is 12.2. The summed E-state index contributed by atoms with van der Waals surface area (Å²) in [6, 6.07) is 19.2. The number of pyridine rings is 1. The third kappa shape index (κ3) is 4.84. The van der Waals surface area contributed by atoms with Crippen molar-refractivity contribution in [2.75, 3.05) is 10.6 Å². The SMILES string of the molecule is CS(=O)(=O)N(Cc1cccnc1)c1ccc(Oc2ccc(C#N)cc2)cc1. The van der Waals surface area contributed by atoms with Crippen LogP contribution in [0.25, 0.3) is 0 Å². The van der Waals surface area contributed by atoms with Crippen LogP contribution in [0.15, 0.2) is 73.1 Å². The molecule has 0 spiro atoms. The lowest BCUT2D eigenvalue weighted by atomic mass is 10.2. The highest BCUT2D eigenvalue weighted by Crippen LogP contribution is 2.26. The highest BCUT2D eigenvalue weighted by molar-refractivity contribution is 7.92. The van der Waals surface area contributed by atoms with Gasteiger partial charge in [0.1, 0.15) is 11.5 Å². The lowest BCUT2D eigenvalue weighted by Crippen LogP contribution is -2.29. The fourth-order valence-corrected chi connectivity index (χ4v) is 3.36. The molecule has 3 aromatic rings. The lowest BCUT2D eigenvalue weighted by Gasteiger charge is -2.22. The van der Waals surface area contributed by atoms with Crippen LogP contribution in [-0.2, 0) is 16.6 Å². The normalized spacial score (nSPS) is 10.8. The van der Waals surface area contributed by atoms with E-state index < -0.39 is 10.0 Å². The van der Waals surface area contributed by atoms with Gasteiger partial charge in [-0.05, 0) is 60.2 Å². The average Bonchev–Trinajstić information content (AvgIpc) is 2.67. The van der Waals surface area contributed by atoms with Gasteiger partial charge in [0.15, 0.2) is 0 Å². The van der Waals surface area contributed by atoms with Crippen molar-refractivity contribution in [1.29, 1.82) is 5.26 Å². The molecule has 0 amide bonds. The Morgan fingerprint density at radius 3 is 2.19 bits per heavy atom. The van der Waals surface area contributed by atoms with E-state index in [2.05, 4.69) is 4.98 Å². The number of rotatable bonds is 6. The van der Waals surface area contributed by atoms with Crippen LogP contribution in [0.2, 0.25) is 0 Å². The topological polar surface area (TPSA) is 83.3 Å².